The molecule has 0 aromatic rings. The predicted octanol–water partition coefficient (Wildman–Crippen LogP) is 3.67. The molecule has 19 heavy (non-hydrogen) atoms. The van der Waals surface area contributed by atoms with Gasteiger partial charge in [0.2, 0.25) is 0 Å². The van der Waals surface area contributed by atoms with E-state index in [-0.39, 0.29) is 0 Å². The van der Waals surface area contributed by atoms with E-state index in [1.807, 2.05) is 0 Å². The van der Waals surface area contributed by atoms with E-state index < -0.39 is 0 Å². The Balaban J connectivity index is 1.99. The summed E-state index contributed by atoms with van der Waals surface area (Å²) in [6.45, 7) is 12.4. The SMILES string of the molecule is CCC1(C)CCN(C2CC(C)(C)CCC2NC)CC1. The Morgan fingerprint density at radius 3 is 2.26 bits per heavy atom. The van der Waals surface area contributed by atoms with Crippen LogP contribution in [0.2, 0.25) is 0 Å². The highest BCUT2D eigenvalue weighted by molar-refractivity contribution is 4.96. The lowest BCUT2D eigenvalue weighted by Crippen LogP contribution is -2.56. The number of rotatable bonds is 3. The summed E-state index contributed by atoms with van der Waals surface area (Å²) in [5.41, 5.74) is 1.14. The van der Waals surface area contributed by atoms with Crippen LogP contribution in [-0.2, 0) is 0 Å². The van der Waals surface area contributed by atoms with Crippen molar-refractivity contribution in [2.45, 2.75) is 78.3 Å². The molecule has 2 heteroatoms. The van der Waals surface area contributed by atoms with Crippen LogP contribution in [0.25, 0.3) is 0 Å². The number of hydrogen-bond donors (Lipinski definition) is 1. The molecule has 2 unspecified atom stereocenters. The second-order valence-corrected chi connectivity index (χ2v) is 8.07. The summed E-state index contributed by atoms with van der Waals surface area (Å²) in [6, 6.07) is 1.47. The van der Waals surface area contributed by atoms with Crippen LogP contribution in [0.15, 0.2) is 0 Å². The van der Waals surface area contributed by atoms with E-state index in [1.54, 1.807) is 0 Å². The lowest BCUT2D eigenvalue weighted by atomic mass is 9.71. The summed E-state index contributed by atoms with van der Waals surface area (Å²) in [5, 5.41) is 3.58. The van der Waals surface area contributed by atoms with Gasteiger partial charge in [0.15, 0.2) is 0 Å². The van der Waals surface area contributed by atoms with Crippen LogP contribution in [-0.4, -0.2) is 37.1 Å². The molecule has 1 saturated heterocycles. The Kier molecular flexibility index (Phi) is 4.62. The molecule has 2 fully saturated rings. The molecule has 0 aromatic heterocycles. The van der Waals surface area contributed by atoms with Gasteiger partial charge in [-0.1, -0.05) is 34.1 Å². The van der Waals surface area contributed by atoms with Gasteiger partial charge < -0.3 is 5.32 Å². The van der Waals surface area contributed by atoms with Crippen molar-refractivity contribution in [2.75, 3.05) is 20.1 Å². The van der Waals surface area contributed by atoms with Gasteiger partial charge in [0.25, 0.3) is 0 Å². The monoisotopic (exact) mass is 266 g/mol. The number of nitrogens with one attached hydrogen (secondary N) is 1. The van der Waals surface area contributed by atoms with E-state index in [1.165, 1.54) is 51.6 Å². The fraction of sp³-hybridized carbons (Fsp3) is 1.00. The van der Waals surface area contributed by atoms with Crippen molar-refractivity contribution < 1.29 is 0 Å². The molecule has 0 amide bonds. The van der Waals surface area contributed by atoms with Crippen LogP contribution in [0.4, 0.5) is 0 Å². The van der Waals surface area contributed by atoms with Crippen LogP contribution in [0.3, 0.4) is 0 Å². The number of nitrogens with zero attached hydrogens (tertiary/aromatic N) is 1. The average molecular weight is 266 g/mol. The molecule has 0 spiro atoms. The highest BCUT2D eigenvalue weighted by Crippen LogP contribution is 2.40. The van der Waals surface area contributed by atoms with E-state index in [4.69, 9.17) is 0 Å². The van der Waals surface area contributed by atoms with Gasteiger partial charge in [-0.3, -0.25) is 4.90 Å². The molecule has 2 nitrogen and oxygen atoms in total. The smallest absolute Gasteiger partial charge is 0.0254 e. The fourth-order valence-corrected chi connectivity index (χ4v) is 4.02. The molecule has 2 atom stereocenters. The maximum atomic E-state index is 3.58. The normalized spacial score (nSPS) is 35.2. The molecular formula is C17H34N2. The summed E-state index contributed by atoms with van der Waals surface area (Å²) in [6.07, 6.45) is 8.19. The standard InChI is InChI=1S/C17H34N2/c1-6-17(4)9-11-19(12-10-17)15-13-16(2,3)8-7-14(15)18-5/h14-15,18H,6-13H2,1-5H3. The van der Waals surface area contributed by atoms with Crippen molar-refractivity contribution in [3.05, 3.63) is 0 Å². The van der Waals surface area contributed by atoms with E-state index in [9.17, 15) is 0 Å². The maximum absolute atomic E-state index is 3.58. The summed E-state index contributed by atoms with van der Waals surface area (Å²) in [5.74, 6) is 0. The Labute approximate surface area is 120 Å². The third-order valence-electron chi connectivity index (χ3n) is 6.06. The van der Waals surface area contributed by atoms with E-state index in [0.29, 0.717) is 16.9 Å². The Morgan fingerprint density at radius 2 is 1.74 bits per heavy atom. The molecule has 1 aliphatic heterocycles. The quantitative estimate of drug-likeness (QED) is 0.838. The molecule has 1 N–H and O–H groups in total. The third-order valence-corrected chi connectivity index (χ3v) is 6.06. The summed E-state index contributed by atoms with van der Waals surface area (Å²) >= 11 is 0. The third kappa shape index (κ3) is 3.52. The van der Waals surface area contributed by atoms with Crippen LogP contribution in [0, 0.1) is 10.8 Å². The zero-order valence-electron chi connectivity index (χ0n) is 13.8. The molecule has 2 rings (SSSR count). The molecule has 0 bridgehead atoms. The van der Waals surface area contributed by atoms with Crippen molar-refractivity contribution in [1.29, 1.82) is 0 Å². The molecule has 2 aliphatic rings. The first-order valence-electron chi connectivity index (χ1n) is 8.30. The van der Waals surface area contributed by atoms with Crippen LogP contribution < -0.4 is 5.32 Å². The second-order valence-electron chi connectivity index (χ2n) is 8.07. The van der Waals surface area contributed by atoms with Crippen LogP contribution in [0.1, 0.15) is 66.2 Å². The van der Waals surface area contributed by atoms with E-state index in [0.717, 1.165) is 6.04 Å². The minimum absolute atomic E-state index is 0.531. The first-order valence-corrected chi connectivity index (χ1v) is 8.30. The number of likely N-dealkylation sites (tertiary alicyclic amines) is 1. The summed E-state index contributed by atoms with van der Waals surface area (Å²) < 4.78 is 0. The van der Waals surface area contributed by atoms with E-state index in [2.05, 4.69) is 45.0 Å². The molecular weight excluding hydrogens is 232 g/mol. The van der Waals surface area contributed by atoms with Gasteiger partial charge >= 0.3 is 0 Å². The Bertz CT molecular complexity index is 290. The Hall–Kier alpha value is -0.0800. The van der Waals surface area contributed by atoms with Crippen molar-refractivity contribution in [2.24, 2.45) is 10.8 Å². The van der Waals surface area contributed by atoms with Crippen LogP contribution >= 0.6 is 0 Å². The van der Waals surface area contributed by atoms with Gasteiger partial charge in [0.05, 0.1) is 0 Å². The summed E-state index contributed by atoms with van der Waals surface area (Å²) in [4.78, 5) is 2.79. The zero-order valence-corrected chi connectivity index (χ0v) is 13.8. The number of likely N-dealkylation sites (N-methyl/N-ethyl adjacent to an activating group) is 1. The largest absolute Gasteiger partial charge is 0.315 e. The van der Waals surface area contributed by atoms with Gasteiger partial charge in [0, 0.05) is 12.1 Å². The highest BCUT2D eigenvalue weighted by atomic mass is 15.2. The second kappa shape index (κ2) is 5.73. The van der Waals surface area contributed by atoms with Gasteiger partial charge in [-0.05, 0) is 63.1 Å². The maximum Gasteiger partial charge on any atom is 0.0254 e. The molecule has 0 radical (unpaired) electrons. The van der Waals surface area contributed by atoms with Crippen molar-refractivity contribution >= 4 is 0 Å². The van der Waals surface area contributed by atoms with Crippen molar-refractivity contribution in [3.63, 3.8) is 0 Å². The van der Waals surface area contributed by atoms with Crippen LogP contribution in [0.5, 0.6) is 0 Å². The number of piperidine rings is 1. The first kappa shape index (κ1) is 15.3. The first-order chi connectivity index (χ1) is 8.89. The molecule has 1 heterocycles. The highest BCUT2D eigenvalue weighted by Gasteiger charge is 2.39. The molecule has 1 aliphatic carbocycles. The fourth-order valence-electron chi connectivity index (χ4n) is 4.02. The average Bonchev–Trinajstić information content (AvgIpc) is 2.39. The van der Waals surface area contributed by atoms with Gasteiger partial charge in [-0.2, -0.15) is 0 Å². The zero-order chi connectivity index (χ0) is 14.1. The predicted molar refractivity (Wildman–Crippen MR) is 83.5 cm³/mol. The lowest BCUT2D eigenvalue weighted by molar-refractivity contribution is 0.0221. The molecule has 1 saturated carbocycles. The summed E-state index contributed by atoms with van der Waals surface area (Å²) in [7, 11) is 2.15. The molecule has 0 aromatic carbocycles. The Morgan fingerprint density at radius 1 is 1.11 bits per heavy atom. The van der Waals surface area contributed by atoms with Gasteiger partial charge in [-0.15, -0.1) is 0 Å². The van der Waals surface area contributed by atoms with E-state index >= 15 is 0 Å². The van der Waals surface area contributed by atoms with Crippen molar-refractivity contribution in [3.8, 4) is 0 Å². The number of hydrogen-bond acceptors (Lipinski definition) is 2. The minimum atomic E-state index is 0.531. The topological polar surface area (TPSA) is 15.3 Å². The van der Waals surface area contributed by atoms with Gasteiger partial charge in [-0.25, -0.2) is 0 Å². The van der Waals surface area contributed by atoms with Crippen molar-refractivity contribution in [1.82, 2.24) is 10.2 Å². The lowest BCUT2D eigenvalue weighted by Gasteiger charge is -2.49. The molecule has 112 valence electrons. The minimum Gasteiger partial charge on any atom is -0.315 e. The van der Waals surface area contributed by atoms with Gasteiger partial charge in [0.1, 0.15) is 0 Å².